The molecule has 2 amide bonds. The lowest BCUT2D eigenvalue weighted by atomic mass is 9.95. The lowest BCUT2D eigenvalue weighted by Gasteiger charge is -2.13. The van der Waals surface area contributed by atoms with Crippen LogP contribution in [0.4, 0.5) is 5.00 Å². The number of nitrogens with zero attached hydrogens (tertiary/aromatic N) is 2. The van der Waals surface area contributed by atoms with Crippen LogP contribution in [0.3, 0.4) is 0 Å². The van der Waals surface area contributed by atoms with Gasteiger partial charge < -0.3 is 10.6 Å². The van der Waals surface area contributed by atoms with Crippen LogP contribution in [0.15, 0.2) is 0 Å². The van der Waals surface area contributed by atoms with Gasteiger partial charge >= 0.3 is 0 Å². The van der Waals surface area contributed by atoms with E-state index in [9.17, 15) is 9.59 Å². The van der Waals surface area contributed by atoms with Crippen molar-refractivity contribution < 1.29 is 9.59 Å². The van der Waals surface area contributed by atoms with Gasteiger partial charge in [0, 0.05) is 18.0 Å². The van der Waals surface area contributed by atoms with Crippen LogP contribution >= 0.6 is 22.9 Å². The van der Waals surface area contributed by atoms with Crippen molar-refractivity contribution in [3.8, 4) is 0 Å². The zero-order valence-electron chi connectivity index (χ0n) is 15.2. The largest absolute Gasteiger partial charge is 0.352 e. The van der Waals surface area contributed by atoms with E-state index in [1.807, 2.05) is 13.8 Å². The molecule has 2 heterocycles. The van der Waals surface area contributed by atoms with Crippen molar-refractivity contribution in [2.24, 2.45) is 0 Å². The summed E-state index contributed by atoms with van der Waals surface area (Å²) in [6.07, 6.45) is 4.01. The fourth-order valence-corrected chi connectivity index (χ4v) is 4.81. The molecule has 0 aromatic carbocycles. The van der Waals surface area contributed by atoms with Crippen LogP contribution in [0, 0.1) is 6.92 Å². The first-order valence-electron chi connectivity index (χ1n) is 8.94. The fraction of sp³-hybridized carbons (Fsp3) is 0.500. The number of carbonyl (C=O) groups excluding carboxylic acids is 2. The maximum atomic E-state index is 12.9. The molecule has 3 rings (SSSR count). The number of rotatable bonds is 5. The van der Waals surface area contributed by atoms with E-state index in [2.05, 4.69) is 15.7 Å². The molecule has 2 aromatic rings. The molecule has 0 unspecified atom stereocenters. The lowest BCUT2D eigenvalue weighted by Crippen LogP contribution is -2.26. The molecule has 0 saturated carbocycles. The minimum Gasteiger partial charge on any atom is -0.352 e. The van der Waals surface area contributed by atoms with Gasteiger partial charge in [-0.2, -0.15) is 5.10 Å². The van der Waals surface area contributed by atoms with Gasteiger partial charge in [-0.25, -0.2) is 0 Å². The maximum Gasteiger partial charge on any atom is 0.276 e. The minimum atomic E-state index is -0.332. The van der Waals surface area contributed by atoms with E-state index in [0.29, 0.717) is 40.1 Å². The van der Waals surface area contributed by atoms with E-state index in [-0.39, 0.29) is 11.8 Å². The van der Waals surface area contributed by atoms with Crippen LogP contribution in [-0.4, -0.2) is 28.1 Å². The summed E-state index contributed by atoms with van der Waals surface area (Å²) >= 11 is 7.79. The van der Waals surface area contributed by atoms with Crippen LogP contribution in [0.25, 0.3) is 0 Å². The zero-order valence-corrected chi connectivity index (χ0v) is 16.8. The Morgan fingerprint density at radius 2 is 1.96 bits per heavy atom. The molecular formula is C18H23ClN4O2S. The number of hydrogen-bond acceptors (Lipinski definition) is 4. The summed E-state index contributed by atoms with van der Waals surface area (Å²) in [6.45, 7) is 6.65. The summed E-state index contributed by atoms with van der Waals surface area (Å²) < 4.78 is 1.59. The normalized spacial score (nSPS) is 13.4. The Morgan fingerprint density at radius 3 is 2.65 bits per heavy atom. The molecule has 6 nitrogen and oxygen atoms in total. The first-order valence-corrected chi connectivity index (χ1v) is 10.1. The number of aryl methyl sites for hydroxylation is 3. The van der Waals surface area contributed by atoms with Crippen molar-refractivity contribution in [2.75, 3.05) is 11.9 Å². The average molecular weight is 395 g/mol. The number of anilines is 1. The number of carbonyl (C=O) groups is 2. The number of fused-ring (bicyclic) bond motifs is 1. The van der Waals surface area contributed by atoms with Crippen molar-refractivity contribution in [3.05, 3.63) is 32.4 Å². The second-order valence-electron chi connectivity index (χ2n) is 6.29. The van der Waals surface area contributed by atoms with Crippen LogP contribution in [0.5, 0.6) is 0 Å². The van der Waals surface area contributed by atoms with Gasteiger partial charge in [0.25, 0.3) is 11.8 Å². The molecule has 2 N–H and O–H groups in total. The van der Waals surface area contributed by atoms with Crippen molar-refractivity contribution in [3.63, 3.8) is 0 Å². The Balaban J connectivity index is 1.98. The third-order valence-electron chi connectivity index (χ3n) is 4.53. The monoisotopic (exact) mass is 394 g/mol. The molecule has 8 heteroatoms. The van der Waals surface area contributed by atoms with E-state index in [1.165, 1.54) is 16.2 Å². The summed E-state index contributed by atoms with van der Waals surface area (Å²) in [7, 11) is 0. The van der Waals surface area contributed by atoms with Crippen molar-refractivity contribution >= 4 is 39.8 Å². The number of nitrogens with one attached hydrogen (secondary N) is 2. The Bertz CT molecular complexity index is 856. The first-order chi connectivity index (χ1) is 12.5. The van der Waals surface area contributed by atoms with Gasteiger partial charge in [0.15, 0.2) is 0 Å². The summed E-state index contributed by atoms with van der Waals surface area (Å²) in [5, 5.41) is 11.0. The number of hydrogen-bond donors (Lipinski definition) is 2. The maximum absolute atomic E-state index is 12.9. The molecule has 0 radical (unpaired) electrons. The highest BCUT2D eigenvalue weighted by atomic mass is 35.5. The van der Waals surface area contributed by atoms with Crippen LogP contribution < -0.4 is 10.6 Å². The predicted molar refractivity (Wildman–Crippen MR) is 105 cm³/mol. The standard InChI is InChI=1S/C18H23ClN4O2S/c1-4-20-16(24)13-11-8-6-7-9-12(11)26-18(13)21-17(25)15-14(19)10(3)22-23(15)5-2/h4-9H2,1-3H3,(H,20,24)(H,21,25). The van der Waals surface area contributed by atoms with Gasteiger partial charge in [-0.15, -0.1) is 11.3 Å². The van der Waals surface area contributed by atoms with Crippen LogP contribution in [-0.2, 0) is 19.4 Å². The fourth-order valence-electron chi connectivity index (χ4n) is 3.31. The van der Waals surface area contributed by atoms with Crippen LogP contribution in [0.2, 0.25) is 5.02 Å². The third-order valence-corrected chi connectivity index (χ3v) is 6.19. The van der Waals surface area contributed by atoms with Gasteiger partial charge in [-0.05, 0) is 52.0 Å². The molecular weight excluding hydrogens is 372 g/mol. The molecule has 0 spiro atoms. The van der Waals surface area contributed by atoms with Crippen molar-refractivity contribution in [1.29, 1.82) is 0 Å². The van der Waals surface area contributed by atoms with Gasteiger partial charge in [-0.1, -0.05) is 11.6 Å². The van der Waals surface area contributed by atoms with Gasteiger partial charge in [0.1, 0.15) is 10.7 Å². The predicted octanol–water partition coefficient (Wildman–Crippen LogP) is 3.81. The number of halogens is 1. The van der Waals surface area contributed by atoms with E-state index in [4.69, 9.17) is 11.6 Å². The smallest absolute Gasteiger partial charge is 0.276 e. The number of thiophene rings is 1. The third kappa shape index (κ3) is 3.38. The van der Waals surface area contributed by atoms with E-state index in [0.717, 1.165) is 31.2 Å². The summed E-state index contributed by atoms with van der Waals surface area (Å²) in [5.74, 6) is -0.463. The number of amides is 2. The Kier molecular flexibility index (Phi) is 5.67. The van der Waals surface area contributed by atoms with Gasteiger partial charge in [0.2, 0.25) is 0 Å². The molecule has 1 aliphatic rings. The van der Waals surface area contributed by atoms with Gasteiger partial charge in [0.05, 0.1) is 16.3 Å². The quantitative estimate of drug-likeness (QED) is 0.809. The molecule has 0 fully saturated rings. The highest BCUT2D eigenvalue weighted by molar-refractivity contribution is 7.17. The molecule has 0 aliphatic heterocycles. The summed E-state index contributed by atoms with van der Waals surface area (Å²) in [4.78, 5) is 26.7. The second kappa shape index (κ2) is 7.80. The van der Waals surface area contributed by atoms with Gasteiger partial charge in [-0.3, -0.25) is 14.3 Å². The molecule has 0 atom stereocenters. The molecule has 1 aliphatic carbocycles. The second-order valence-corrected chi connectivity index (χ2v) is 7.78. The zero-order chi connectivity index (χ0) is 18.8. The van der Waals surface area contributed by atoms with E-state index in [1.54, 1.807) is 11.6 Å². The average Bonchev–Trinajstić information content (AvgIpc) is 3.12. The van der Waals surface area contributed by atoms with Crippen LogP contribution in [0.1, 0.15) is 63.7 Å². The topological polar surface area (TPSA) is 76.0 Å². The van der Waals surface area contributed by atoms with E-state index >= 15 is 0 Å². The van der Waals surface area contributed by atoms with Crippen molar-refractivity contribution in [1.82, 2.24) is 15.1 Å². The summed E-state index contributed by atoms with van der Waals surface area (Å²) in [6, 6.07) is 0. The van der Waals surface area contributed by atoms with E-state index < -0.39 is 0 Å². The molecule has 26 heavy (non-hydrogen) atoms. The Hall–Kier alpha value is -1.86. The molecule has 140 valence electrons. The van der Waals surface area contributed by atoms with Crippen molar-refractivity contribution in [2.45, 2.75) is 53.0 Å². The number of aromatic nitrogens is 2. The lowest BCUT2D eigenvalue weighted by molar-refractivity contribution is 0.0956. The molecule has 2 aromatic heterocycles. The first kappa shape index (κ1) is 18.9. The highest BCUT2D eigenvalue weighted by Crippen LogP contribution is 2.38. The minimum absolute atomic E-state index is 0.131. The molecule has 0 bridgehead atoms. The Morgan fingerprint density at radius 1 is 1.23 bits per heavy atom. The highest BCUT2D eigenvalue weighted by Gasteiger charge is 2.28. The molecule has 0 saturated heterocycles. The Labute approximate surface area is 161 Å². The SMILES string of the molecule is CCNC(=O)c1c(NC(=O)c2c(Cl)c(C)nn2CC)sc2c1CCCC2. The summed E-state index contributed by atoms with van der Waals surface area (Å²) in [5.41, 5.74) is 2.64.